The lowest BCUT2D eigenvalue weighted by Gasteiger charge is -2.32. The number of nitrogens with zero attached hydrogens (tertiary/aromatic N) is 3. The number of halogens is 4. The van der Waals surface area contributed by atoms with Gasteiger partial charge in [-0.3, -0.25) is 0 Å². The van der Waals surface area contributed by atoms with Gasteiger partial charge in [-0.1, -0.05) is 54.1 Å². The van der Waals surface area contributed by atoms with Gasteiger partial charge in [0.1, 0.15) is 0 Å². The van der Waals surface area contributed by atoms with Crippen molar-refractivity contribution in [1.82, 2.24) is 9.73 Å². The third kappa shape index (κ3) is 7.19. The normalized spacial score (nSPS) is 17.4. The summed E-state index contributed by atoms with van der Waals surface area (Å²) in [5.74, 6) is -0.403. The fourth-order valence-electron chi connectivity index (χ4n) is 4.10. The first-order chi connectivity index (χ1) is 19.0. The summed E-state index contributed by atoms with van der Waals surface area (Å²) in [5, 5.41) is 25.7. The largest absolute Gasteiger partial charge is 0.416 e. The van der Waals surface area contributed by atoms with Crippen molar-refractivity contribution in [3.8, 4) is 0 Å². The van der Waals surface area contributed by atoms with Crippen LogP contribution in [0.15, 0.2) is 93.9 Å². The molecule has 0 saturated heterocycles. The molecule has 0 radical (unpaired) electrons. The molecule has 0 saturated carbocycles. The van der Waals surface area contributed by atoms with E-state index in [4.69, 9.17) is 16.7 Å². The number of rotatable bonds is 7. The van der Waals surface area contributed by atoms with Gasteiger partial charge < -0.3 is 10.2 Å². The Kier molecular flexibility index (Phi) is 9.14. The highest BCUT2D eigenvalue weighted by molar-refractivity contribution is 7.90. The van der Waals surface area contributed by atoms with Crippen molar-refractivity contribution >= 4 is 33.3 Å². The third-order valence-corrected chi connectivity index (χ3v) is 7.75. The molecule has 40 heavy (non-hydrogen) atoms. The second-order valence-corrected chi connectivity index (χ2v) is 11.1. The Bertz CT molecular complexity index is 1470. The van der Waals surface area contributed by atoms with E-state index in [9.17, 15) is 31.8 Å². The second kappa shape index (κ2) is 12.4. The SMILES string of the molecule is O=S(=O)(NC(=NCC(O)CO)N1CCC(c2ccccc2)C(c2ccc(Cl)cc2)=N1)c1ccc(C(F)(F)F)cc1. The molecule has 1 aliphatic heterocycles. The summed E-state index contributed by atoms with van der Waals surface area (Å²) in [6.07, 6.45) is -5.39. The van der Waals surface area contributed by atoms with E-state index < -0.39 is 39.4 Å². The Balaban J connectivity index is 1.72. The van der Waals surface area contributed by atoms with E-state index in [-0.39, 0.29) is 25.0 Å². The van der Waals surface area contributed by atoms with Crippen molar-refractivity contribution in [1.29, 1.82) is 0 Å². The molecule has 3 aromatic rings. The van der Waals surface area contributed by atoms with Gasteiger partial charge in [0.05, 0.1) is 35.4 Å². The lowest BCUT2D eigenvalue weighted by Crippen LogP contribution is -2.45. The number of aliphatic hydroxyl groups is 2. The van der Waals surface area contributed by atoms with Crippen LogP contribution in [0, 0.1) is 0 Å². The van der Waals surface area contributed by atoms with Crippen molar-refractivity contribution < 1.29 is 31.8 Å². The lowest BCUT2D eigenvalue weighted by molar-refractivity contribution is -0.137. The molecule has 8 nitrogen and oxygen atoms in total. The molecule has 0 bridgehead atoms. The van der Waals surface area contributed by atoms with Gasteiger partial charge in [0.15, 0.2) is 0 Å². The first-order valence-corrected chi connectivity index (χ1v) is 14.0. The maximum atomic E-state index is 13.2. The molecule has 4 rings (SSSR count). The minimum Gasteiger partial charge on any atom is -0.394 e. The second-order valence-electron chi connectivity index (χ2n) is 9.00. The Hall–Kier alpha value is -3.45. The number of aliphatic hydroxyl groups excluding tert-OH is 2. The molecule has 0 spiro atoms. The van der Waals surface area contributed by atoms with Crippen molar-refractivity contribution in [2.24, 2.45) is 10.1 Å². The van der Waals surface area contributed by atoms with E-state index in [0.717, 1.165) is 23.3 Å². The van der Waals surface area contributed by atoms with Gasteiger partial charge in [-0.25, -0.2) is 23.1 Å². The number of hydrogen-bond donors (Lipinski definition) is 3. The molecular formula is C27H26ClF3N4O4S. The maximum Gasteiger partial charge on any atom is 0.416 e. The zero-order valence-electron chi connectivity index (χ0n) is 21.0. The maximum absolute atomic E-state index is 13.2. The van der Waals surface area contributed by atoms with Crippen LogP contribution in [0.4, 0.5) is 13.2 Å². The summed E-state index contributed by atoms with van der Waals surface area (Å²) in [4.78, 5) is 3.74. The molecule has 0 amide bonds. The average molecular weight is 595 g/mol. The van der Waals surface area contributed by atoms with E-state index in [1.54, 1.807) is 24.3 Å². The topological polar surface area (TPSA) is 115 Å². The molecule has 1 heterocycles. The van der Waals surface area contributed by atoms with Crippen LogP contribution < -0.4 is 4.72 Å². The van der Waals surface area contributed by atoms with E-state index >= 15 is 0 Å². The highest BCUT2D eigenvalue weighted by atomic mass is 35.5. The molecular weight excluding hydrogens is 569 g/mol. The van der Waals surface area contributed by atoms with Gasteiger partial charge in [0.2, 0.25) is 5.96 Å². The summed E-state index contributed by atoms with van der Waals surface area (Å²) < 4.78 is 67.5. The van der Waals surface area contributed by atoms with Crippen LogP contribution in [0.1, 0.15) is 29.0 Å². The summed E-state index contributed by atoms with van der Waals surface area (Å²) in [7, 11) is -4.40. The molecule has 0 fully saturated rings. The number of hydrazone groups is 1. The Morgan fingerprint density at radius 2 is 1.73 bits per heavy atom. The minimum atomic E-state index is -4.63. The molecule has 13 heteroatoms. The average Bonchev–Trinajstić information content (AvgIpc) is 2.95. The molecule has 1 aliphatic rings. The van der Waals surface area contributed by atoms with Gasteiger partial charge in [-0.15, -0.1) is 0 Å². The highest BCUT2D eigenvalue weighted by Crippen LogP contribution is 2.31. The zero-order chi connectivity index (χ0) is 28.9. The number of hydrogen-bond acceptors (Lipinski definition) is 6. The van der Waals surface area contributed by atoms with Crippen molar-refractivity contribution in [2.45, 2.75) is 29.5 Å². The minimum absolute atomic E-state index is 0.144. The smallest absolute Gasteiger partial charge is 0.394 e. The summed E-state index contributed by atoms with van der Waals surface area (Å²) in [5.41, 5.74) is 1.35. The predicted molar refractivity (Wildman–Crippen MR) is 146 cm³/mol. The van der Waals surface area contributed by atoms with Gasteiger partial charge in [0.25, 0.3) is 10.0 Å². The van der Waals surface area contributed by atoms with Crippen LogP contribution in [-0.2, 0) is 16.2 Å². The van der Waals surface area contributed by atoms with Crippen LogP contribution in [-0.4, -0.2) is 61.1 Å². The van der Waals surface area contributed by atoms with Crippen LogP contribution >= 0.6 is 11.6 Å². The Labute approximate surface area is 234 Å². The van der Waals surface area contributed by atoms with Crippen LogP contribution in [0.2, 0.25) is 5.02 Å². The van der Waals surface area contributed by atoms with Gasteiger partial charge in [-0.2, -0.15) is 18.3 Å². The Morgan fingerprint density at radius 3 is 2.33 bits per heavy atom. The van der Waals surface area contributed by atoms with Gasteiger partial charge in [0, 0.05) is 17.5 Å². The lowest BCUT2D eigenvalue weighted by atomic mass is 9.86. The fraction of sp³-hybridized carbons (Fsp3) is 0.259. The van der Waals surface area contributed by atoms with Crippen LogP contribution in [0.5, 0.6) is 0 Å². The van der Waals surface area contributed by atoms with E-state index in [0.29, 0.717) is 29.3 Å². The summed E-state index contributed by atoms with van der Waals surface area (Å²) in [6, 6.07) is 19.7. The molecule has 3 aromatic carbocycles. The van der Waals surface area contributed by atoms with E-state index in [1.807, 2.05) is 30.3 Å². The summed E-state index contributed by atoms with van der Waals surface area (Å²) >= 11 is 6.08. The van der Waals surface area contributed by atoms with Gasteiger partial charge in [-0.05, 0) is 53.9 Å². The number of nitrogens with one attached hydrogen (secondary N) is 1. The standard InChI is InChI=1S/C27H26ClF3N4O4S/c28-21-10-6-19(7-11-21)25-24(18-4-2-1-3-5-18)14-15-35(33-25)26(32-16-22(37)17-36)34-40(38,39)23-12-8-20(9-13-23)27(29,30)31/h1-13,22,24,36-37H,14-17H2,(H,32,34). The van der Waals surface area contributed by atoms with Crippen molar-refractivity contribution in [3.63, 3.8) is 0 Å². The van der Waals surface area contributed by atoms with Crippen molar-refractivity contribution in [3.05, 3.63) is 101 Å². The van der Waals surface area contributed by atoms with Crippen molar-refractivity contribution in [2.75, 3.05) is 19.7 Å². The number of guanidine groups is 1. The summed E-state index contributed by atoms with van der Waals surface area (Å²) in [6.45, 7) is -0.746. The molecule has 2 atom stereocenters. The van der Waals surface area contributed by atoms with E-state index in [2.05, 4.69) is 9.71 Å². The number of sulfonamides is 1. The number of benzene rings is 3. The van der Waals surface area contributed by atoms with Gasteiger partial charge >= 0.3 is 6.18 Å². The zero-order valence-corrected chi connectivity index (χ0v) is 22.5. The molecule has 0 aliphatic carbocycles. The fourth-order valence-corrected chi connectivity index (χ4v) is 5.25. The quantitative estimate of drug-likeness (QED) is 0.280. The third-order valence-electron chi connectivity index (χ3n) is 6.15. The molecule has 212 valence electrons. The monoisotopic (exact) mass is 594 g/mol. The highest BCUT2D eigenvalue weighted by Gasteiger charge is 2.32. The predicted octanol–water partition coefficient (Wildman–Crippen LogP) is 4.24. The number of aliphatic imine (C=N–C) groups is 1. The first kappa shape index (κ1) is 29.5. The van der Waals surface area contributed by atoms with E-state index in [1.165, 1.54) is 5.01 Å². The molecule has 2 unspecified atom stereocenters. The van der Waals surface area contributed by atoms with Crippen LogP contribution in [0.3, 0.4) is 0 Å². The number of alkyl halides is 3. The molecule has 3 N–H and O–H groups in total. The first-order valence-electron chi connectivity index (χ1n) is 12.2. The Morgan fingerprint density at radius 1 is 1.07 bits per heavy atom. The molecule has 0 aromatic heterocycles. The van der Waals surface area contributed by atoms with Crippen LogP contribution in [0.25, 0.3) is 0 Å².